The van der Waals surface area contributed by atoms with Crippen molar-refractivity contribution in [2.45, 2.75) is 13.0 Å². The lowest BCUT2D eigenvalue weighted by Gasteiger charge is -2.15. The van der Waals surface area contributed by atoms with Crippen molar-refractivity contribution in [2.75, 3.05) is 20.7 Å². The molecular weight excluding hydrogens is 258 g/mol. The number of aliphatic hydroxyl groups excluding tert-OH is 1. The lowest BCUT2D eigenvalue weighted by atomic mass is 10.0. The molecule has 0 heterocycles. The van der Waals surface area contributed by atoms with Crippen LogP contribution in [0.5, 0.6) is 5.75 Å². The van der Waals surface area contributed by atoms with Gasteiger partial charge in [-0.2, -0.15) is 0 Å². The van der Waals surface area contributed by atoms with Crippen molar-refractivity contribution in [3.8, 4) is 5.75 Å². The van der Waals surface area contributed by atoms with Crippen LogP contribution in [0.15, 0.2) is 16.6 Å². The minimum absolute atomic E-state index is 0.489. The predicted octanol–water partition coefficient (Wildman–Crippen LogP) is 2.02. The van der Waals surface area contributed by atoms with Crippen LogP contribution < -0.4 is 10.1 Å². The Morgan fingerprint density at radius 1 is 1.53 bits per heavy atom. The van der Waals surface area contributed by atoms with E-state index in [2.05, 4.69) is 21.2 Å². The van der Waals surface area contributed by atoms with Gasteiger partial charge in [-0.1, -0.05) is 0 Å². The van der Waals surface area contributed by atoms with Crippen molar-refractivity contribution >= 4 is 15.9 Å². The number of ether oxygens (including phenoxy) is 1. The molecule has 0 aliphatic heterocycles. The average molecular weight is 274 g/mol. The van der Waals surface area contributed by atoms with Crippen molar-refractivity contribution in [3.63, 3.8) is 0 Å². The molecule has 0 fully saturated rings. The minimum atomic E-state index is -0.489. The zero-order valence-corrected chi connectivity index (χ0v) is 10.8. The molecule has 3 nitrogen and oxygen atoms in total. The molecule has 1 aromatic carbocycles. The largest absolute Gasteiger partial charge is 0.496 e. The summed E-state index contributed by atoms with van der Waals surface area (Å²) in [5.74, 6) is 0.785. The highest BCUT2D eigenvalue weighted by atomic mass is 79.9. The third-order valence-electron chi connectivity index (χ3n) is 2.30. The van der Waals surface area contributed by atoms with E-state index >= 15 is 0 Å². The van der Waals surface area contributed by atoms with Gasteiger partial charge in [0, 0.05) is 6.54 Å². The van der Waals surface area contributed by atoms with E-state index in [4.69, 9.17) is 4.74 Å². The van der Waals surface area contributed by atoms with Crippen LogP contribution >= 0.6 is 15.9 Å². The van der Waals surface area contributed by atoms with Gasteiger partial charge in [0.15, 0.2) is 0 Å². The molecule has 0 aliphatic carbocycles. The number of halogens is 1. The van der Waals surface area contributed by atoms with E-state index in [1.807, 2.05) is 26.1 Å². The first-order valence-electron chi connectivity index (χ1n) is 4.76. The molecule has 0 saturated heterocycles. The Morgan fingerprint density at radius 3 is 2.73 bits per heavy atom. The molecule has 0 aromatic heterocycles. The molecule has 0 aliphatic rings. The van der Waals surface area contributed by atoms with Crippen LogP contribution in [-0.2, 0) is 0 Å². The van der Waals surface area contributed by atoms with Crippen molar-refractivity contribution < 1.29 is 9.84 Å². The van der Waals surface area contributed by atoms with Crippen molar-refractivity contribution in [3.05, 3.63) is 27.7 Å². The molecule has 0 amide bonds. The van der Waals surface area contributed by atoms with Crippen LogP contribution in [0.3, 0.4) is 0 Å². The van der Waals surface area contributed by atoms with Gasteiger partial charge in [0.1, 0.15) is 5.75 Å². The molecule has 0 radical (unpaired) electrons. The van der Waals surface area contributed by atoms with E-state index in [1.54, 1.807) is 7.11 Å². The molecule has 1 rings (SSSR count). The Bertz CT molecular complexity index is 342. The number of nitrogens with one attached hydrogen (secondary N) is 1. The second-order valence-electron chi connectivity index (χ2n) is 3.42. The van der Waals surface area contributed by atoms with Crippen LogP contribution in [0.25, 0.3) is 0 Å². The normalized spacial score (nSPS) is 12.6. The average Bonchev–Trinajstić information content (AvgIpc) is 2.21. The van der Waals surface area contributed by atoms with E-state index in [1.165, 1.54) is 0 Å². The summed E-state index contributed by atoms with van der Waals surface area (Å²) in [7, 11) is 3.44. The van der Waals surface area contributed by atoms with Crippen LogP contribution in [0.4, 0.5) is 0 Å². The quantitative estimate of drug-likeness (QED) is 0.882. The van der Waals surface area contributed by atoms with Crippen molar-refractivity contribution in [2.24, 2.45) is 0 Å². The van der Waals surface area contributed by atoms with Crippen LogP contribution in [0, 0.1) is 6.92 Å². The summed E-state index contributed by atoms with van der Waals surface area (Å²) in [6.45, 7) is 2.50. The number of hydrogen-bond acceptors (Lipinski definition) is 3. The highest BCUT2D eigenvalue weighted by molar-refractivity contribution is 9.10. The molecule has 0 saturated carbocycles. The van der Waals surface area contributed by atoms with Gasteiger partial charge in [0.05, 0.1) is 17.7 Å². The maximum atomic E-state index is 9.87. The minimum Gasteiger partial charge on any atom is -0.496 e. The first kappa shape index (κ1) is 12.5. The zero-order chi connectivity index (χ0) is 11.4. The topological polar surface area (TPSA) is 41.5 Å². The van der Waals surface area contributed by atoms with Gasteiger partial charge in [0.2, 0.25) is 0 Å². The Labute approximate surface area is 98.6 Å². The van der Waals surface area contributed by atoms with Crippen molar-refractivity contribution in [1.29, 1.82) is 0 Å². The van der Waals surface area contributed by atoms with Gasteiger partial charge in [-0.3, -0.25) is 0 Å². The molecule has 1 unspecified atom stereocenters. The molecule has 0 spiro atoms. The molecular formula is C11H16BrNO2. The fourth-order valence-corrected chi connectivity index (χ4v) is 2.01. The number of hydrogen-bond donors (Lipinski definition) is 2. The highest BCUT2D eigenvalue weighted by Crippen LogP contribution is 2.30. The number of methoxy groups -OCH3 is 1. The number of likely N-dealkylation sites (N-methyl/N-ethyl adjacent to an activating group) is 1. The fourth-order valence-electron chi connectivity index (χ4n) is 1.49. The van der Waals surface area contributed by atoms with Crippen molar-refractivity contribution in [1.82, 2.24) is 5.32 Å². The van der Waals surface area contributed by atoms with Gasteiger partial charge in [-0.05, 0) is 53.2 Å². The number of benzene rings is 1. The number of aryl methyl sites for hydroxylation is 1. The summed E-state index contributed by atoms with van der Waals surface area (Å²) < 4.78 is 6.04. The molecule has 15 heavy (non-hydrogen) atoms. The maximum absolute atomic E-state index is 9.87. The maximum Gasteiger partial charge on any atom is 0.133 e. The monoisotopic (exact) mass is 273 g/mol. The van der Waals surface area contributed by atoms with Crippen LogP contribution in [-0.4, -0.2) is 25.8 Å². The summed E-state index contributed by atoms with van der Waals surface area (Å²) in [6.07, 6.45) is -0.489. The highest BCUT2D eigenvalue weighted by Gasteiger charge is 2.12. The summed E-state index contributed by atoms with van der Waals surface area (Å²) in [4.78, 5) is 0. The Kier molecular flexibility index (Phi) is 4.57. The first-order chi connectivity index (χ1) is 7.10. The summed E-state index contributed by atoms with van der Waals surface area (Å²) in [5.41, 5.74) is 1.94. The molecule has 1 atom stereocenters. The SMILES string of the molecule is CNCC(O)c1cc(Br)c(OC)cc1C. The van der Waals surface area contributed by atoms with Gasteiger partial charge < -0.3 is 15.2 Å². The van der Waals surface area contributed by atoms with Gasteiger partial charge in [-0.15, -0.1) is 0 Å². The second-order valence-corrected chi connectivity index (χ2v) is 4.27. The van der Waals surface area contributed by atoms with Gasteiger partial charge in [-0.25, -0.2) is 0 Å². The predicted molar refractivity (Wildman–Crippen MR) is 64.3 cm³/mol. The third kappa shape index (κ3) is 2.93. The van der Waals surface area contributed by atoms with E-state index in [0.717, 1.165) is 21.3 Å². The molecule has 84 valence electrons. The zero-order valence-electron chi connectivity index (χ0n) is 9.17. The smallest absolute Gasteiger partial charge is 0.133 e. The molecule has 4 heteroatoms. The van der Waals surface area contributed by atoms with E-state index < -0.39 is 6.10 Å². The Morgan fingerprint density at radius 2 is 2.20 bits per heavy atom. The number of rotatable bonds is 4. The molecule has 1 aromatic rings. The summed E-state index contributed by atoms with van der Waals surface area (Å²) in [6, 6.07) is 3.81. The Balaban J connectivity index is 3.04. The second kappa shape index (κ2) is 5.49. The van der Waals surface area contributed by atoms with Gasteiger partial charge >= 0.3 is 0 Å². The van der Waals surface area contributed by atoms with Gasteiger partial charge in [0.25, 0.3) is 0 Å². The third-order valence-corrected chi connectivity index (χ3v) is 2.92. The van der Waals surface area contributed by atoms with Crippen LogP contribution in [0.1, 0.15) is 17.2 Å². The Hall–Kier alpha value is -0.580. The summed E-state index contributed by atoms with van der Waals surface area (Å²) >= 11 is 3.40. The standard InChI is InChI=1S/C11H16BrNO2/c1-7-4-11(15-3)9(12)5-8(7)10(14)6-13-2/h4-5,10,13-14H,6H2,1-3H3. The van der Waals surface area contributed by atoms with E-state index in [0.29, 0.717) is 6.54 Å². The lowest BCUT2D eigenvalue weighted by Crippen LogP contribution is -2.17. The lowest BCUT2D eigenvalue weighted by molar-refractivity contribution is 0.177. The number of aliphatic hydroxyl groups is 1. The summed E-state index contributed by atoms with van der Waals surface area (Å²) in [5, 5.41) is 12.8. The first-order valence-corrected chi connectivity index (χ1v) is 5.56. The van der Waals surface area contributed by atoms with E-state index in [9.17, 15) is 5.11 Å². The fraction of sp³-hybridized carbons (Fsp3) is 0.455. The molecule has 0 bridgehead atoms. The van der Waals surface area contributed by atoms with E-state index in [-0.39, 0.29) is 0 Å². The van der Waals surface area contributed by atoms with Crippen LogP contribution in [0.2, 0.25) is 0 Å². The molecule has 2 N–H and O–H groups in total.